The number of nitrogens with zero attached hydrogens (tertiary/aromatic N) is 5. The van der Waals surface area contributed by atoms with E-state index in [2.05, 4.69) is 20.5 Å². The van der Waals surface area contributed by atoms with E-state index in [1.807, 2.05) is 0 Å². The molecule has 0 atom stereocenters. The molecule has 0 spiro atoms. The summed E-state index contributed by atoms with van der Waals surface area (Å²) in [5.41, 5.74) is -0.993. The van der Waals surface area contributed by atoms with Crippen molar-refractivity contribution in [2.24, 2.45) is 0 Å². The number of rotatable bonds is 8. The van der Waals surface area contributed by atoms with Crippen LogP contribution < -0.4 is 10.1 Å². The fourth-order valence-electron chi connectivity index (χ4n) is 3.75. The van der Waals surface area contributed by atoms with Crippen molar-refractivity contribution in [3.63, 3.8) is 0 Å². The SMILES string of the molecule is COc1ccccc1-c1cc(C(F)F)n2ncc(C(=O)NCCCn3nc(C(F)(F)F)c(Cl)c3C)c2n1. The summed E-state index contributed by atoms with van der Waals surface area (Å²) in [5.74, 6) is -0.223. The highest BCUT2D eigenvalue weighted by Crippen LogP contribution is 2.35. The fraction of sp³-hybridized carbons (Fsp3) is 0.304. The Balaban J connectivity index is 1.54. The molecule has 0 saturated carbocycles. The van der Waals surface area contributed by atoms with Gasteiger partial charge in [-0.25, -0.2) is 18.3 Å². The summed E-state index contributed by atoms with van der Waals surface area (Å²) in [6.07, 6.45) is -6.23. The number of halogens is 6. The predicted octanol–water partition coefficient (Wildman–Crippen LogP) is 5.34. The second-order valence-electron chi connectivity index (χ2n) is 7.94. The Morgan fingerprint density at radius 2 is 1.97 bits per heavy atom. The van der Waals surface area contributed by atoms with E-state index >= 15 is 0 Å². The van der Waals surface area contributed by atoms with Gasteiger partial charge >= 0.3 is 6.18 Å². The second-order valence-corrected chi connectivity index (χ2v) is 8.32. The van der Waals surface area contributed by atoms with Gasteiger partial charge in [0.05, 0.1) is 29.7 Å². The highest BCUT2D eigenvalue weighted by Gasteiger charge is 2.38. The van der Waals surface area contributed by atoms with E-state index in [1.165, 1.54) is 20.1 Å². The molecule has 8 nitrogen and oxygen atoms in total. The first kappa shape index (κ1) is 26.3. The van der Waals surface area contributed by atoms with Crippen molar-refractivity contribution in [3.05, 3.63) is 64.2 Å². The summed E-state index contributed by atoms with van der Waals surface area (Å²) in [4.78, 5) is 17.2. The molecular weight excluding hydrogens is 523 g/mol. The van der Waals surface area contributed by atoms with Crippen molar-refractivity contribution < 1.29 is 31.5 Å². The van der Waals surface area contributed by atoms with E-state index < -0.39 is 34.9 Å². The van der Waals surface area contributed by atoms with E-state index in [0.717, 1.165) is 15.4 Å². The van der Waals surface area contributed by atoms with Crippen LogP contribution in [0.5, 0.6) is 5.75 Å². The molecule has 1 amide bonds. The largest absolute Gasteiger partial charge is 0.496 e. The Morgan fingerprint density at radius 1 is 1.24 bits per heavy atom. The van der Waals surface area contributed by atoms with E-state index in [-0.39, 0.29) is 42.1 Å². The number of carbonyl (C=O) groups is 1. The number of alkyl halides is 5. The lowest BCUT2D eigenvalue weighted by Crippen LogP contribution is -2.25. The minimum atomic E-state index is -4.68. The van der Waals surface area contributed by atoms with Gasteiger partial charge in [-0.2, -0.15) is 23.4 Å². The molecule has 37 heavy (non-hydrogen) atoms. The normalized spacial score (nSPS) is 11.9. The Morgan fingerprint density at radius 3 is 2.62 bits per heavy atom. The van der Waals surface area contributed by atoms with Crippen LogP contribution >= 0.6 is 11.6 Å². The third-order valence-corrected chi connectivity index (χ3v) is 6.04. The summed E-state index contributed by atoms with van der Waals surface area (Å²) >= 11 is 5.75. The molecule has 0 aliphatic rings. The monoisotopic (exact) mass is 542 g/mol. The summed E-state index contributed by atoms with van der Waals surface area (Å²) in [7, 11) is 1.44. The van der Waals surface area contributed by atoms with Crippen molar-refractivity contribution >= 4 is 23.2 Å². The quantitative estimate of drug-likeness (QED) is 0.240. The van der Waals surface area contributed by atoms with Crippen LogP contribution in [0, 0.1) is 6.92 Å². The van der Waals surface area contributed by atoms with Gasteiger partial charge in [0.15, 0.2) is 11.3 Å². The molecule has 0 unspecified atom stereocenters. The zero-order valence-corrected chi connectivity index (χ0v) is 20.2. The van der Waals surface area contributed by atoms with Crippen molar-refractivity contribution in [1.29, 1.82) is 0 Å². The lowest BCUT2D eigenvalue weighted by atomic mass is 10.1. The van der Waals surface area contributed by atoms with Crippen molar-refractivity contribution in [1.82, 2.24) is 29.7 Å². The number of amides is 1. The first-order valence-electron chi connectivity index (χ1n) is 10.9. The number of hydrogen-bond donors (Lipinski definition) is 1. The average Bonchev–Trinajstić information content (AvgIpc) is 3.42. The van der Waals surface area contributed by atoms with Crippen LogP contribution in [0.4, 0.5) is 22.0 Å². The molecule has 1 N–H and O–H groups in total. The molecule has 0 fully saturated rings. The fourth-order valence-corrected chi connectivity index (χ4v) is 3.99. The Labute approximate surface area is 212 Å². The van der Waals surface area contributed by atoms with Crippen LogP contribution in [0.3, 0.4) is 0 Å². The standard InChI is InChI=1S/C23H20ClF5N6O2/c1-12-18(24)19(23(27,28)29)33-34(12)9-5-8-30-22(36)14-11-31-35-16(20(25)26)10-15(32-21(14)35)13-6-3-4-7-17(13)37-2/h3-4,6-7,10-11,20H,5,8-9H2,1-2H3,(H,30,36). The topological polar surface area (TPSA) is 86.3 Å². The van der Waals surface area contributed by atoms with Gasteiger partial charge in [0.1, 0.15) is 17.0 Å². The number of hydrogen-bond acceptors (Lipinski definition) is 5. The minimum Gasteiger partial charge on any atom is -0.496 e. The maximum Gasteiger partial charge on any atom is 0.436 e. The molecule has 0 radical (unpaired) electrons. The molecule has 4 rings (SSSR count). The van der Waals surface area contributed by atoms with Gasteiger partial charge in [0.2, 0.25) is 0 Å². The Hall–Kier alpha value is -3.74. The molecular formula is C23H20ClF5N6O2. The molecule has 0 bridgehead atoms. The van der Waals surface area contributed by atoms with Gasteiger partial charge in [0, 0.05) is 18.7 Å². The number of carbonyl (C=O) groups excluding carboxylic acids is 1. The highest BCUT2D eigenvalue weighted by atomic mass is 35.5. The zero-order chi connectivity index (χ0) is 26.9. The molecule has 4 aromatic rings. The van der Waals surface area contributed by atoms with Crippen LogP contribution in [0.1, 0.15) is 40.3 Å². The average molecular weight is 543 g/mol. The zero-order valence-electron chi connectivity index (χ0n) is 19.5. The van der Waals surface area contributed by atoms with E-state index in [4.69, 9.17) is 16.3 Å². The Bertz CT molecular complexity index is 1450. The lowest BCUT2D eigenvalue weighted by Gasteiger charge is -2.11. The minimum absolute atomic E-state index is 0.0451. The van der Waals surface area contributed by atoms with Crippen LogP contribution in [-0.2, 0) is 12.7 Å². The van der Waals surface area contributed by atoms with Crippen LogP contribution in [0.25, 0.3) is 16.9 Å². The van der Waals surface area contributed by atoms with Crippen LogP contribution in [-0.4, -0.2) is 43.9 Å². The Kier molecular flexibility index (Phi) is 7.35. The maximum absolute atomic E-state index is 13.8. The van der Waals surface area contributed by atoms with Gasteiger partial charge in [-0.1, -0.05) is 23.7 Å². The summed E-state index contributed by atoms with van der Waals surface area (Å²) in [6.45, 7) is 1.53. The molecule has 0 aliphatic heterocycles. The van der Waals surface area contributed by atoms with E-state index in [9.17, 15) is 26.7 Å². The maximum atomic E-state index is 13.8. The number of nitrogens with one attached hydrogen (secondary N) is 1. The molecule has 14 heteroatoms. The number of methoxy groups -OCH3 is 1. The number of para-hydroxylation sites is 1. The number of ether oxygens (including phenoxy) is 1. The van der Waals surface area contributed by atoms with Gasteiger partial charge in [-0.05, 0) is 31.5 Å². The molecule has 0 aliphatic carbocycles. The van der Waals surface area contributed by atoms with Gasteiger partial charge in [0.25, 0.3) is 12.3 Å². The van der Waals surface area contributed by atoms with Crippen LogP contribution in [0.15, 0.2) is 36.5 Å². The van der Waals surface area contributed by atoms with E-state index in [1.54, 1.807) is 24.3 Å². The first-order valence-corrected chi connectivity index (χ1v) is 11.3. The van der Waals surface area contributed by atoms with Gasteiger partial charge in [-0.3, -0.25) is 9.48 Å². The molecule has 0 saturated heterocycles. The number of aromatic nitrogens is 5. The molecule has 1 aromatic carbocycles. The smallest absolute Gasteiger partial charge is 0.436 e. The molecule has 196 valence electrons. The third-order valence-electron chi connectivity index (χ3n) is 5.58. The third kappa shape index (κ3) is 5.22. The van der Waals surface area contributed by atoms with Crippen molar-refractivity contribution in [3.8, 4) is 17.0 Å². The number of fused-ring (bicyclic) bond motifs is 1. The lowest BCUT2D eigenvalue weighted by molar-refractivity contribution is -0.141. The van der Waals surface area contributed by atoms with E-state index in [0.29, 0.717) is 11.3 Å². The predicted molar refractivity (Wildman–Crippen MR) is 124 cm³/mol. The summed E-state index contributed by atoms with van der Waals surface area (Å²) < 4.78 is 73.9. The second kappa shape index (κ2) is 10.3. The van der Waals surface area contributed by atoms with Gasteiger partial charge < -0.3 is 10.1 Å². The summed E-state index contributed by atoms with van der Waals surface area (Å²) in [5, 5.41) is 9.55. The van der Waals surface area contributed by atoms with Crippen molar-refractivity contribution in [2.45, 2.75) is 32.5 Å². The molecule has 3 aromatic heterocycles. The summed E-state index contributed by atoms with van der Waals surface area (Å²) in [6, 6.07) is 7.89. The van der Waals surface area contributed by atoms with Crippen LogP contribution in [0.2, 0.25) is 5.02 Å². The highest BCUT2D eigenvalue weighted by molar-refractivity contribution is 6.31. The van der Waals surface area contributed by atoms with Gasteiger partial charge in [-0.15, -0.1) is 0 Å². The number of benzene rings is 1. The first-order chi connectivity index (χ1) is 17.5. The molecule has 3 heterocycles. The number of aryl methyl sites for hydroxylation is 1. The van der Waals surface area contributed by atoms with Crippen molar-refractivity contribution in [2.75, 3.05) is 13.7 Å².